The van der Waals surface area contributed by atoms with E-state index < -0.39 is 8.32 Å². The highest BCUT2D eigenvalue weighted by Gasteiger charge is 2.37. The molecule has 38 heavy (non-hydrogen) atoms. The molecule has 0 bridgehead atoms. The molecule has 200 valence electrons. The fourth-order valence-corrected chi connectivity index (χ4v) is 5.03. The second kappa shape index (κ2) is 10.7. The van der Waals surface area contributed by atoms with Crippen LogP contribution in [0.15, 0.2) is 66.0 Å². The number of hydrogen-bond acceptors (Lipinski definition) is 6. The predicted molar refractivity (Wildman–Crippen MR) is 153 cm³/mol. The number of benzene rings is 2. The summed E-state index contributed by atoms with van der Waals surface area (Å²) >= 11 is 0. The van der Waals surface area contributed by atoms with Crippen LogP contribution >= 0.6 is 0 Å². The van der Waals surface area contributed by atoms with E-state index in [2.05, 4.69) is 43.8 Å². The molecule has 2 aromatic carbocycles. The van der Waals surface area contributed by atoms with E-state index in [-0.39, 0.29) is 16.4 Å². The first-order valence-corrected chi connectivity index (χ1v) is 15.5. The molecule has 2 aromatic heterocycles. The first kappa shape index (κ1) is 27.5. The van der Waals surface area contributed by atoms with Crippen LogP contribution in [-0.4, -0.2) is 43.1 Å². The van der Waals surface area contributed by atoms with Gasteiger partial charge in [-0.15, -0.1) is 0 Å². The highest BCUT2D eigenvalue weighted by molar-refractivity contribution is 6.74. The lowest BCUT2D eigenvalue weighted by Gasteiger charge is -2.37. The number of ether oxygens (including phenoxy) is 1. The molecule has 0 aliphatic carbocycles. The number of methoxy groups -OCH3 is 1. The maximum atomic E-state index is 15.6. The van der Waals surface area contributed by atoms with Gasteiger partial charge >= 0.3 is 0 Å². The summed E-state index contributed by atoms with van der Waals surface area (Å²) in [5, 5.41) is 0.472. The Kier molecular flexibility index (Phi) is 7.71. The minimum Gasteiger partial charge on any atom is -0.497 e. The minimum absolute atomic E-state index is 0.0439. The maximum Gasteiger partial charge on any atom is 0.265 e. The third kappa shape index (κ3) is 5.49. The number of hydrogen-bond donors (Lipinski definition) is 0. The summed E-state index contributed by atoms with van der Waals surface area (Å²) in [6.07, 6.45) is 4.76. The first-order valence-electron chi connectivity index (χ1n) is 12.6. The molecule has 0 fully saturated rings. The smallest absolute Gasteiger partial charge is 0.265 e. The molecular weight excluding hydrogens is 499 g/mol. The van der Waals surface area contributed by atoms with Crippen molar-refractivity contribution in [2.75, 3.05) is 25.2 Å². The van der Waals surface area contributed by atoms with Gasteiger partial charge < -0.3 is 14.1 Å². The van der Waals surface area contributed by atoms with Crippen molar-refractivity contribution >= 4 is 30.6 Å². The second-order valence-electron chi connectivity index (χ2n) is 10.9. The molecule has 0 saturated heterocycles. The van der Waals surface area contributed by atoms with Gasteiger partial charge in [-0.05, 0) is 67.0 Å². The molecule has 0 radical (unpaired) electrons. The van der Waals surface area contributed by atoms with Crippen LogP contribution in [0.25, 0.3) is 16.6 Å². The molecule has 0 aliphatic rings. The Morgan fingerprint density at radius 2 is 1.79 bits per heavy atom. The molecule has 0 N–H and O–H groups in total. The van der Waals surface area contributed by atoms with E-state index in [1.54, 1.807) is 62.8 Å². The summed E-state index contributed by atoms with van der Waals surface area (Å²) in [5.74, 6) is 0.204. The van der Waals surface area contributed by atoms with Crippen LogP contribution in [0, 0.1) is 12.7 Å². The van der Waals surface area contributed by atoms with Crippen LogP contribution in [0.2, 0.25) is 18.1 Å². The van der Waals surface area contributed by atoms with Gasteiger partial charge in [-0.25, -0.2) is 9.37 Å². The fourth-order valence-electron chi connectivity index (χ4n) is 4.00. The summed E-state index contributed by atoms with van der Waals surface area (Å²) in [6, 6.07) is 12.2. The summed E-state index contributed by atoms with van der Waals surface area (Å²) in [6.45, 7) is 13.4. The average Bonchev–Trinajstić information content (AvgIpc) is 2.88. The molecule has 9 heteroatoms. The normalized spacial score (nSPS) is 12.1. The standard InChI is InChI=1S/C29H35FN4O3Si/c1-20-16-23(36-5)18-26(27(20)30)33(14-15-37-38(6,7)29(2,3)4)22-8-9-25-24(17-22)28(35)34(19-32-25)21-10-12-31-13-11-21/h8-13,16-19H,14-15H2,1-7H3. The number of aromatic nitrogens is 3. The number of fused-ring (bicyclic) bond motifs is 1. The van der Waals surface area contributed by atoms with Gasteiger partial charge in [0.1, 0.15) is 17.9 Å². The van der Waals surface area contributed by atoms with E-state index in [1.165, 1.54) is 10.9 Å². The van der Waals surface area contributed by atoms with E-state index >= 15 is 4.39 Å². The number of aryl methyl sites for hydroxylation is 1. The first-order chi connectivity index (χ1) is 17.9. The Labute approximate surface area is 224 Å². The zero-order valence-corrected chi connectivity index (χ0v) is 24.1. The molecule has 0 saturated carbocycles. The van der Waals surface area contributed by atoms with Gasteiger partial charge in [-0.1, -0.05) is 20.8 Å². The minimum atomic E-state index is -2.03. The third-order valence-corrected chi connectivity index (χ3v) is 11.9. The second-order valence-corrected chi connectivity index (χ2v) is 15.7. The van der Waals surface area contributed by atoms with Crippen LogP contribution < -0.4 is 15.2 Å². The van der Waals surface area contributed by atoms with Crippen LogP contribution in [-0.2, 0) is 4.43 Å². The lowest BCUT2D eigenvalue weighted by molar-refractivity contribution is 0.297. The van der Waals surface area contributed by atoms with Crippen LogP contribution in [0.3, 0.4) is 0 Å². The van der Waals surface area contributed by atoms with E-state index in [9.17, 15) is 4.79 Å². The van der Waals surface area contributed by atoms with Gasteiger partial charge in [0, 0.05) is 30.7 Å². The van der Waals surface area contributed by atoms with Gasteiger partial charge in [-0.3, -0.25) is 14.3 Å². The van der Waals surface area contributed by atoms with Crippen molar-refractivity contribution in [2.24, 2.45) is 0 Å². The fraction of sp³-hybridized carbons (Fsp3) is 0.345. The Balaban J connectivity index is 1.81. The van der Waals surface area contributed by atoms with E-state index in [0.717, 1.165) is 0 Å². The Hall–Kier alpha value is -3.56. The van der Waals surface area contributed by atoms with E-state index in [1.807, 2.05) is 11.0 Å². The Morgan fingerprint density at radius 3 is 2.45 bits per heavy atom. The quantitative estimate of drug-likeness (QED) is 0.244. The largest absolute Gasteiger partial charge is 0.497 e. The molecular formula is C29H35FN4O3Si. The Bertz CT molecular complexity index is 1500. The molecule has 0 spiro atoms. The Morgan fingerprint density at radius 1 is 1.08 bits per heavy atom. The number of halogens is 1. The molecule has 0 amide bonds. The monoisotopic (exact) mass is 534 g/mol. The zero-order valence-electron chi connectivity index (χ0n) is 23.1. The van der Waals surface area contributed by atoms with Gasteiger partial charge in [0.05, 0.1) is 36.0 Å². The molecule has 0 aliphatic heterocycles. The van der Waals surface area contributed by atoms with Crippen molar-refractivity contribution in [3.05, 3.63) is 82.9 Å². The van der Waals surface area contributed by atoms with Crippen LogP contribution in [0.4, 0.5) is 15.8 Å². The number of pyridine rings is 1. The van der Waals surface area contributed by atoms with Crippen molar-refractivity contribution in [1.82, 2.24) is 14.5 Å². The SMILES string of the molecule is COc1cc(C)c(F)c(N(CCO[Si](C)(C)C(C)(C)C)c2ccc3ncn(-c4ccncc4)c(=O)c3c2)c1. The van der Waals surface area contributed by atoms with Gasteiger partial charge in [0.2, 0.25) is 0 Å². The van der Waals surface area contributed by atoms with Gasteiger partial charge in [0.25, 0.3) is 5.56 Å². The number of nitrogens with zero attached hydrogens (tertiary/aromatic N) is 4. The number of anilines is 2. The van der Waals surface area contributed by atoms with E-state index in [0.29, 0.717) is 52.4 Å². The third-order valence-electron chi connectivity index (χ3n) is 7.31. The molecule has 4 rings (SSSR count). The molecule has 4 aromatic rings. The topological polar surface area (TPSA) is 69.5 Å². The highest BCUT2D eigenvalue weighted by atomic mass is 28.4. The van der Waals surface area contributed by atoms with Crippen molar-refractivity contribution < 1.29 is 13.6 Å². The molecule has 0 unspecified atom stereocenters. The highest BCUT2D eigenvalue weighted by Crippen LogP contribution is 2.37. The summed E-state index contributed by atoms with van der Waals surface area (Å²) in [4.78, 5) is 23.8. The summed E-state index contributed by atoms with van der Waals surface area (Å²) in [5.41, 5.74) is 2.50. The maximum absolute atomic E-state index is 15.6. The molecule has 7 nitrogen and oxygen atoms in total. The van der Waals surface area contributed by atoms with Crippen LogP contribution in [0.5, 0.6) is 5.75 Å². The lowest BCUT2D eigenvalue weighted by Crippen LogP contribution is -2.42. The van der Waals surface area contributed by atoms with E-state index in [4.69, 9.17) is 9.16 Å². The van der Waals surface area contributed by atoms with Gasteiger partial charge in [0.15, 0.2) is 8.32 Å². The predicted octanol–water partition coefficient (Wildman–Crippen LogP) is 6.40. The van der Waals surface area contributed by atoms with Crippen molar-refractivity contribution in [2.45, 2.75) is 45.8 Å². The number of rotatable bonds is 8. The lowest BCUT2D eigenvalue weighted by atomic mass is 10.1. The van der Waals surface area contributed by atoms with Gasteiger partial charge in [-0.2, -0.15) is 0 Å². The molecule has 2 heterocycles. The van der Waals surface area contributed by atoms with Crippen molar-refractivity contribution in [3.8, 4) is 11.4 Å². The van der Waals surface area contributed by atoms with Crippen molar-refractivity contribution in [1.29, 1.82) is 0 Å². The van der Waals surface area contributed by atoms with Crippen molar-refractivity contribution in [3.63, 3.8) is 0 Å². The molecule has 0 atom stereocenters. The van der Waals surface area contributed by atoms with Crippen LogP contribution in [0.1, 0.15) is 26.3 Å². The zero-order chi connectivity index (χ0) is 27.7. The summed E-state index contributed by atoms with van der Waals surface area (Å²) < 4.78 is 28.9. The summed E-state index contributed by atoms with van der Waals surface area (Å²) in [7, 11) is -0.467. The average molecular weight is 535 g/mol.